The van der Waals surface area contributed by atoms with Gasteiger partial charge in [-0.15, -0.1) is 0 Å². The summed E-state index contributed by atoms with van der Waals surface area (Å²) in [5.41, 5.74) is 0.978. The van der Waals surface area contributed by atoms with Crippen molar-refractivity contribution in [3.8, 4) is 0 Å². The summed E-state index contributed by atoms with van der Waals surface area (Å²) in [6, 6.07) is 13.4. The topological polar surface area (TPSA) is 75.6 Å². The molecule has 0 saturated carbocycles. The Labute approximate surface area is 135 Å². The molecule has 0 fully saturated rings. The molecule has 0 aliphatic rings. The van der Waals surface area contributed by atoms with Gasteiger partial charge in [-0.3, -0.25) is 4.79 Å². The van der Waals surface area contributed by atoms with Crippen molar-refractivity contribution in [1.29, 1.82) is 0 Å². The SMILES string of the molecule is CCCOC(=O)N[C@H](CC(=O)O)Cc1ccc2ccccc2c1. The molecule has 0 heterocycles. The van der Waals surface area contributed by atoms with Gasteiger partial charge in [0.25, 0.3) is 0 Å². The summed E-state index contributed by atoms with van der Waals surface area (Å²) in [6.45, 7) is 2.22. The van der Waals surface area contributed by atoms with Gasteiger partial charge in [0.1, 0.15) is 0 Å². The number of alkyl carbamates (subject to hydrolysis) is 1. The number of amides is 1. The van der Waals surface area contributed by atoms with Crippen molar-refractivity contribution in [1.82, 2.24) is 5.32 Å². The average Bonchev–Trinajstić information content (AvgIpc) is 2.52. The van der Waals surface area contributed by atoms with E-state index in [2.05, 4.69) is 5.32 Å². The molecule has 0 aliphatic carbocycles. The summed E-state index contributed by atoms with van der Waals surface area (Å²) in [5.74, 6) is -0.952. The highest BCUT2D eigenvalue weighted by Gasteiger charge is 2.17. The molecule has 5 heteroatoms. The zero-order valence-corrected chi connectivity index (χ0v) is 13.1. The van der Waals surface area contributed by atoms with Crippen LogP contribution in [0.1, 0.15) is 25.3 Å². The van der Waals surface area contributed by atoms with Crippen LogP contribution in [0.2, 0.25) is 0 Å². The number of carboxylic acid groups (broad SMARTS) is 1. The van der Waals surface area contributed by atoms with Crippen molar-refractivity contribution in [2.45, 2.75) is 32.2 Å². The third kappa shape index (κ3) is 5.29. The minimum atomic E-state index is -0.952. The summed E-state index contributed by atoms with van der Waals surface area (Å²) in [6.07, 6.45) is 0.451. The van der Waals surface area contributed by atoms with Gasteiger partial charge in [-0.1, -0.05) is 49.4 Å². The summed E-state index contributed by atoms with van der Waals surface area (Å²) < 4.78 is 4.97. The number of rotatable bonds is 7. The van der Waals surface area contributed by atoms with Crippen molar-refractivity contribution < 1.29 is 19.4 Å². The van der Waals surface area contributed by atoms with Gasteiger partial charge in [-0.05, 0) is 29.2 Å². The Bertz CT molecular complexity index is 684. The molecule has 0 saturated heterocycles. The molecule has 1 atom stereocenters. The standard InChI is InChI=1S/C18H21NO4/c1-2-9-23-18(22)19-16(12-17(20)21)11-13-7-8-14-5-3-4-6-15(14)10-13/h3-8,10,16H,2,9,11-12H2,1H3,(H,19,22)(H,20,21)/t16-/m0/s1. The van der Waals surface area contributed by atoms with E-state index in [0.29, 0.717) is 13.0 Å². The van der Waals surface area contributed by atoms with E-state index < -0.39 is 18.1 Å². The predicted octanol–water partition coefficient (Wildman–Crippen LogP) is 3.36. The van der Waals surface area contributed by atoms with Crippen LogP contribution in [0.5, 0.6) is 0 Å². The highest BCUT2D eigenvalue weighted by Crippen LogP contribution is 2.17. The molecule has 122 valence electrons. The largest absolute Gasteiger partial charge is 0.481 e. The highest BCUT2D eigenvalue weighted by molar-refractivity contribution is 5.83. The second kappa shape index (κ2) is 8.17. The lowest BCUT2D eigenvalue weighted by atomic mass is 10.00. The molecule has 0 bridgehead atoms. The average molecular weight is 315 g/mol. The van der Waals surface area contributed by atoms with E-state index in [1.807, 2.05) is 49.4 Å². The van der Waals surface area contributed by atoms with Gasteiger partial charge in [0.2, 0.25) is 0 Å². The predicted molar refractivity (Wildman–Crippen MR) is 88.5 cm³/mol. The van der Waals surface area contributed by atoms with Gasteiger partial charge in [-0.2, -0.15) is 0 Å². The zero-order valence-electron chi connectivity index (χ0n) is 13.1. The van der Waals surface area contributed by atoms with Crippen LogP contribution >= 0.6 is 0 Å². The number of hydrogen-bond donors (Lipinski definition) is 2. The fraction of sp³-hybridized carbons (Fsp3) is 0.333. The van der Waals surface area contributed by atoms with E-state index in [-0.39, 0.29) is 6.42 Å². The van der Waals surface area contributed by atoms with Crippen molar-refractivity contribution >= 4 is 22.8 Å². The lowest BCUT2D eigenvalue weighted by Gasteiger charge is -2.17. The number of carbonyl (C=O) groups is 2. The third-order valence-corrected chi connectivity index (χ3v) is 3.48. The molecule has 1 amide bonds. The van der Waals surface area contributed by atoms with Crippen LogP contribution < -0.4 is 5.32 Å². The first-order valence-corrected chi connectivity index (χ1v) is 7.71. The number of ether oxygens (including phenoxy) is 1. The molecule has 0 aliphatic heterocycles. The Morgan fingerprint density at radius 1 is 1.17 bits per heavy atom. The van der Waals surface area contributed by atoms with Crippen LogP contribution in [0.4, 0.5) is 4.79 Å². The second-order valence-electron chi connectivity index (χ2n) is 5.46. The number of fused-ring (bicyclic) bond motifs is 1. The van der Waals surface area contributed by atoms with Gasteiger partial charge in [0.05, 0.1) is 13.0 Å². The molecule has 0 aromatic heterocycles. The second-order valence-corrected chi connectivity index (χ2v) is 5.46. The van der Waals surface area contributed by atoms with Gasteiger partial charge >= 0.3 is 12.1 Å². The number of aliphatic carboxylic acids is 1. The summed E-state index contributed by atoms with van der Waals surface area (Å²) >= 11 is 0. The Morgan fingerprint density at radius 3 is 2.61 bits per heavy atom. The first-order chi connectivity index (χ1) is 11.1. The molecule has 2 aromatic carbocycles. The van der Waals surface area contributed by atoms with Crippen molar-refractivity contribution in [2.24, 2.45) is 0 Å². The maximum absolute atomic E-state index is 11.7. The molecule has 23 heavy (non-hydrogen) atoms. The highest BCUT2D eigenvalue weighted by atomic mass is 16.5. The molecule has 0 spiro atoms. The van der Waals surface area contributed by atoms with E-state index in [9.17, 15) is 9.59 Å². The quantitative estimate of drug-likeness (QED) is 0.821. The van der Waals surface area contributed by atoms with E-state index in [0.717, 1.165) is 22.8 Å². The Balaban J connectivity index is 2.08. The molecule has 2 rings (SSSR count). The number of carbonyl (C=O) groups excluding carboxylic acids is 1. The van der Waals surface area contributed by atoms with Crippen LogP contribution in [0.25, 0.3) is 10.8 Å². The van der Waals surface area contributed by atoms with Crippen molar-refractivity contribution in [3.63, 3.8) is 0 Å². The van der Waals surface area contributed by atoms with E-state index in [1.54, 1.807) is 0 Å². The van der Waals surface area contributed by atoms with Crippen LogP contribution in [0, 0.1) is 0 Å². The lowest BCUT2D eigenvalue weighted by molar-refractivity contribution is -0.137. The first-order valence-electron chi connectivity index (χ1n) is 7.71. The maximum atomic E-state index is 11.7. The zero-order chi connectivity index (χ0) is 16.7. The Hall–Kier alpha value is -2.56. The molecular formula is C18H21NO4. The number of nitrogens with one attached hydrogen (secondary N) is 1. The maximum Gasteiger partial charge on any atom is 0.407 e. The van der Waals surface area contributed by atoms with Gasteiger partial charge in [-0.25, -0.2) is 4.79 Å². The molecule has 5 nitrogen and oxygen atoms in total. The monoisotopic (exact) mass is 315 g/mol. The lowest BCUT2D eigenvalue weighted by Crippen LogP contribution is -2.38. The van der Waals surface area contributed by atoms with Gasteiger partial charge in [0.15, 0.2) is 0 Å². The van der Waals surface area contributed by atoms with Crippen LogP contribution in [-0.4, -0.2) is 29.8 Å². The number of hydrogen-bond acceptors (Lipinski definition) is 3. The summed E-state index contributed by atoms with van der Waals surface area (Å²) in [4.78, 5) is 22.7. The Morgan fingerprint density at radius 2 is 1.91 bits per heavy atom. The molecule has 0 unspecified atom stereocenters. The van der Waals surface area contributed by atoms with Crippen LogP contribution in [0.3, 0.4) is 0 Å². The smallest absolute Gasteiger partial charge is 0.407 e. The minimum absolute atomic E-state index is 0.145. The summed E-state index contributed by atoms with van der Waals surface area (Å²) in [7, 11) is 0. The number of carboxylic acids is 1. The minimum Gasteiger partial charge on any atom is -0.481 e. The van der Waals surface area contributed by atoms with Gasteiger partial charge in [0, 0.05) is 6.04 Å². The fourth-order valence-corrected chi connectivity index (χ4v) is 2.44. The van der Waals surface area contributed by atoms with Crippen LogP contribution in [-0.2, 0) is 16.0 Å². The molecule has 2 aromatic rings. The van der Waals surface area contributed by atoms with Crippen molar-refractivity contribution in [3.05, 3.63) is 48.0 Å². The number of benzene rings is 2. The van der Waals surface area contributed by atoms with Crippen molar-refractivity contribution in [2.75, 3.05) is 6.61 Å². The first kappa shape index (κ1) is 16.8. The molecular weight excluding hydrogens is 294 g/mol. The van der Waals surface area contributed by atoms with E-state index >= 15 is 0 Å². The Kier molecular flexibility index (Phi) is 5.97. The fourth-order valence-electron chi connectivity index (χ4n) is 2.44. The summed E-state index contributed by atoms with van der Waals surface area (Å²) in [5, 5.41) is 13.9. The van der Waals surface area contributed by atoms with Gasteiger partial charge < -0.3 is 15.2 Å². The van der Waals surface area contributed by atoms with E-state index in [4.69, 9.17) is 9.84 Å². The van der Waals surface area contributed by atoms with E-state index in [1.165, 1.54) is 0 Å². The normalized spacial score (nSPS) is 11.9. The molecule has 0 radical (unpaired) electrons. The van der Waals surface area contributed by atoms with Crippen LogP contribution in [0.15, 0.2) is 42.5 Å². The third-order valence-electron chi connectivity index (χ3n) is 3.48. The molecule has 2 N–H and O–H groups in total.